The van der Waals surface area contributed by atoms with Crippen molar-refractivity contribution >= 4 is 28.7 Å². The maximum atomic E-state index is 7.66. The highest BCUT2D eigenvalue weighted by molar-refractivity contribution is 7.99. The Hall–Kier alpha value is -2.28. The largest absolute Gasteiger partial charge is 0.431 e. The number of rotatable bonds is 3. The van der Waals surface area contributed by atoms with Gasteiger partial charge in [0.15, 0.2) is 5.58 Å². The maximum Gasteiger partial charge on any atom is 0.263 e. The zero-order valence-corrected chi connectivity index (χ0v) is 11.9. The van der Waals surface area contributed by atoms with E-state index in [0.717, 1.165) is 21.8 Å². The van der Waals surface area contributed by atoms with Gasteiger partial charge in [-0.1, -0.05) is 12.1 Å². The topological polar surface area (TPSA) is 93.7 Å². The highest BCUT2D eigenvalue weighted by Gasteiger charge is 2.19. The molecule has 0 aliphatic carbocycles. The van der Waals surface area contributed by atoms with Crippen LogP contribution in [-0.2, 0) is 7.05 Å². The van der Waals surface area contributed by atoms with Crippen LogP contribution in [0.4, 0.5) is 0 Å². The molecule has 102 valence electrons. The second-order valence-electron chi connectivity index (χ2n) is 4.35. The molecule has 0 unspecified atom stereocenters. The Kier molecular flexibility index (Phi) is 2.98. The van der Waals surface area contributed by atoms with Crippen molar-refractivity contribution in [3.63, 3.8) is 0 Å². The number of aromatic nitrogens is 3. The maximum absolute atomic E-state index is 7.66. The van der Waals surface area contributed by atoms with Crippen LogP contribution in [0.15, 0.2) is 38.9 Å². The molecule has 6 nitrogen and oxygen atoms in total. The number of nitrogens with one attached hydrogen (secondary N) is 1. The van der Waals surface area contributed by atoms with Crippen LogP contribution < -0.4 is 5.73 Å². The third-order valence-electron chi connectivity index (χ3n) is 2.90. The highest BCUT2D eigenvalue weighted by atomic mass is 32.2. The first-order valence-electron chi connectivity index (χ1n) is 5.97. The first-order valence-corrected chi connectivity index (χ1v) is 6.79. The van der Waals surface area contributed by atoms with Crippen molar-refractivity contribution < 1.29 is 4.42 Å². The van der Waals surface area contributed by atoms with Gasteiger partial charge in [0.1, 0.15) is 16.4 Å². The Bertz CT molecular complexity index is 771. The predicted molar refractivity (Wildman–Crippen MR) is 77.1 cm³/mol. The van der Waals surface area contributed by atoms with Gasteiger partial charge in [-0.2, -0.15) is 5.10 Å². The number of para-hydroxylation sites is 2. The second-order valence-corrected chi connectivity index (χ2v) is 5.29. The van der Waals surface area contributed by atoms with E-state index in [9.17, 15) is 0 Å². The van der Waals surface area contributed by atoms with E-state index in [-0.39, 0.29) is 5.84 Å². The van der Waals surface area contributed by atoms with E-state index in [2.05, 4.69) is 10.1 Å². The van der Waals surface area contributed by atoms with Crippen molar-refractivity contribution in [3.05, 3.63) is 35.5 Å². The number of hydrogen-bond donors (Lipinski definition) is 2. The normalized spacial score (nSPS) is 11.1. The quantitative estimate of drug-likeness (QED) is 0.569. The summed E-state index contributed by atoms with van der Waals surface area (Å²) in [6.07, 6.45) is 0. The molecular weight excluding hydrogens is 274 g/mol. The predicted octanol–water partition coefficient (Wildman–Crippen LogP) is 2.30. The Morgan fingerprint density at radius 2 is 2.15 bits per heavy atom. The number of nitrogen functional groups attached to an aromatic ring is 1. The van der Waals surface area contributed by atoms with Crippen molar-refractivity contribution in [2.45, 2.75) is 17.2 Å². The fourth-order valence-corrected chi connectivity index (χ4v) is 3.02. The van der Waals surface area contributed by atoms with Gasteiger partial charge >= 0.3 is 0 Å². The summed E-state index contributed by atoms with van der Waals surface area (Å²) in [5, 5.41) is 13.2. The summed E-state index contributed by atoms with van der Waals surface area (Å²) in [6, 6.07) is 7.57. The van der Waals surface area contributed by atoms with E-state index in [0.29, 0.717) is 10.8 Å². The smallest absolute Gasteiger partial charge is 0.263 e. The van der Waals surface area contributed by atoms with Crippen molar-refractivity contribution in [1.29, 1.82) is 5.41 Å². The van der Waals surface area contributed by atoms with Gasteiger partial charge in [-0.05, 0) is 30.8 Å². The van der Waals surface area contributed by atoms with Gasteiger partial charge in [-0.15, -0.1) is 0 Å². The van der Waals surface area contributed by atoms with E-state index in [1.54, 1.807) is 4.68 Å². The zero-order valence-electron chi connectivity index (χ0n) is 11.0. The highest BCUT2D eigenvalue weighted by Crippen LogP contribution is 2.32. The molecule has 0 aliphatic heterocycles. The molecule has 3 rings (SSSR count). The molecule has 0 bridgehead atoms. The molecule has 0 saturated heterocycles. The Morgan fingerprint density at radius 3 is 2.85 bits per heavy atom. The number of nitrogens with two attached hydrogens (primary N) is 1. The van der Waals surface area contributed by atoms with E-state index in [1.165, 1.54) is 11.8 Å². The molecule has 0 fully saturated rings. The standard InChI is InChI=1S/C13H13N5OS/c1-7-10(11(14)15)12(18(2)17-7)20-13-16-8-5-3-4-6-9(8)19-13/h3-6H,1-2H3,(H3,14,15). The third kappa shape index (κ3) is 2.05. The van der Waals surface area contributed by atoms with Crippen LogP contribution in [0.1, 0.15) is 11.3 Å². The Balaban J connectivity index is 2.04. The minimum Gasteiger partial charge on any atom is -0.431 e. The molecule has 0 amide bonds. The summed E-state index contributed by atoms with van der Waals surface area (Å²) < 4.78 is 7.36. The van der Waals surface area contributed by atoms with E-state index >= 15 is 0 Å². The van der Waals surface area contributed by atoms with Crippen molar-refractivity contribution in [2.75, 3.05) is 0 Å². The molecule has 1 aromatic carbocycles. The van der Waals surface area contributed by atoms with E-state index in [4.69, 9.17) is 15.6 Å². The number of aryl methyl sites for hydroxylation is 2. The molecule has 2 aromatic heterocycles. The van der Waals surface area contributed by atoms with Crippen LogP contribution in [0.25, 0.3) is 11.1 Å². The lowest BCUT2D eigenvalue weighted by Crippen LogP contribution is -2.13. The van der Waals surface area contributed by atoms with Gasteiger partial charge in [0.25, 0.3) is 5.22 Å². The molecule has 20 heavy (non-hydrogen) atoms. The summed E-state index contributed by atoms with van der Waals surface area (Å²) in [5.41, 5.74) is 8.51. The summed E-state index contributed by atoms with van der Waals surface area (Å²) in [6.45, 7) is 1.83. The van der Waals surface area contributed by atoms with E-state index in [1.807, 2.05) is 38.2 Å². The number of fused-ring (bicyclic) bond motifs is 1. The fraction of sp³-hybridized carbons (Fsp3) is 0.154. The average Bonchev–Trinajstić information content (AvgIpc) is 2.90. The van der Waals surface area contributed by atoms with Gasteiger partial charge in [0.2, 0.25) is 0 Å². The second kappa shape index (κ2) is 4.68. The first-order chi connectivity index (χ1) is 9.56. The van der Waals surface area contributed by atoms with Gasteiger partial charge in [0.05, 0.1) is 11.3 Å². The molecule has 0 atom stereocenters. The molecule has 7 heteroatoms. The summed E-state index contributed by atoms with van der Waals surface area (Å²) in [4.78, 5) is 4.40. The third-order valence-corrected chi connectivity index (χ3v) is 3.91. The number of benzene rings is 1. The molecular formula is C13H13N5OS. The van der Waals surface area contributed by atoms with Crippen molar-refractivity contribution in [1.82, 2.24) is 14.8 Å². The fourth-order valence-electron chi connectivity index (χ4n) is 2.04. The molecule has 2 heterocycles. The summed E-state index contributed by atoms with van der Waals surface area (Å²) in [5.74, 6) is -0.00536. The zero-order chi connectivity index (χ0) is 14.3. The Labute approximate surface area is 119 Å². The number of oxazole rings is 1. The summed E-state index contributed by atoms with van der Waals surface area (Å²) in [7, 11) is 1.81. The van der Waals surface area contributed by atoms with Crippen LogP contribution in [0.3, 0.4) is 0 Å². The molecule has 0 saturated carbocycles. The van der Waals surface area contributed by atoms with Crippen LogP contribution in [-0.4, -0.2) is 20.6 Å². The molecule has 0 aliphatic rings. The Morgan fingerprint density at radius 1 is 1.40 bits per heavy atom. The number of amidine groups is 1. The lowest BCUT2D eigenvalue weighted by molar-refractivity contribution is 0.488. The lowest BCUT2D eigenvalue weighted by atomic mass is 10.2. The average molecular weight is 287 g/mol. The monoisotopic (exact) mass is 287 g/mol. The van der Waals surface area contributed by atoms with Gasteiger partial charge in [-0.25, -0.2) is 4.98 Å². The van der Waals surface area contributed by atoms with Gasteiger partial charge in [0, 0.05) is 7.05 Å². The van der Waals surface area contributed by atoms with Crippen LogP contribution >= 0.6 is 11.8 Å². The SMILES string of the molecule is Cc1nn(C)c(Sc2nc3ccccc3o2)c1C(=N)N. The number of hydrogen-bond acceptors (Lipinski definition) is 5. The van der Waals surface area contributed by atoms with Gasteiger partial charge in [-0.3, -0.25) is 10.1 Å². The first kappa shape index (κ1) is 12.7. The van der Waals surface area contributed by atoms with Crippen LogP contribution in [0, 0.1) is 12.3 Å². The van der Waals surface area contributed by atoms with Crippen molar-refractivity contribution in [2.24, 2.45) is 12.8 Å². The van der Waals surface area contributed by atoms with Crippen molar-refractivity contribution in [3.8, 4) is 0 Å². The summed E-state index contributed by atoms with van der Waals surface area (Å²) >= 11 is 1.32. The molecule has 0 radical (unpaired) electrons. The van der Waals surface area contributed by atoms with Crippen LogP contribution in [0.5, 0.6) is 0 Å². The van der Waals surface area contributed by atoms with Crippen LogP contribution in [0.2, 0.25) is 0 Å². The van der Waals surface area contributed by atoms with Gasteiger partial charge < -0.3 is 10.2 Å². The lowest BCUT2D eigenvalue weighted by Gasteiger charge is -2.01. The minimum absolute atomic E-state index is 0.00536. The number of nitrogens with zero attached hydrogens (tertiary/aromatic N) is 3. The molecule has 3 aromatic rings. The molecule has 3 N–H and O–H groups in total. The minimum atomic E-state index is -0.00536. The van der Waals surface area contributed by atoms with E-state index < -0.39 is 0 Å². The molecule has 0 spiro atoms.